The first-order valence-corrected chi connectivity index (χ1v) is 6.46. The van der Waals surface area contributed by atoms with Crippen molar-refractivity contribution in [3.8, 4) is 0 Å². The topological polar surface area (TPSA) is 66.4 Å². The van der Waals surface area contributed by atoms with Gasteiger partial charge in [-0.3, -0.25) is 4.79 Å². The molecule has 1 rings (SSSR count). The van der Waals surface area contributed by atoms with Crippen molar-refractivity contribution in [3.05, 3.63) is 0 Å². The lowest BCUT2D eigenvalue weighted by atomic mass is 9.85. The summed E-state index contributed by atoms with van der Waals surface area (Å²) in [5.74, 6) is -1.03. The molecule has 1 aliphatic rings. The molecule has 0 heterocycles. The second-order valence-corrected chi connectivity index (χ2v) is 5.32. The molecule has 2 N–H and O–H groups in total. The third-order valence-corrected chi connectivity index (χ3v) is 4.22. The molecule has 0 aromatic carbocycles. The van der Waals surface area contributed by atoms with Gasteiger partial charge in [0.25, 0.3) is 0 Å². The van der Waals surface area contributed by atoms with Crippen LogP contribution in [-0.4, -0.2) is 22.5 Å². The summed E-state index contributed by atoms with van der Waals surface area (Å²) in [6.45, 7) is 5.54. The zero-order chi connectivity index (χ0) is 13.1. The van der Waals surface area contributed by atoms with Crippen molar-refractivity contribution in [2.75, 3.05) is 0 Å². The highest BCUT2D eigenvalue weighted by atomic mass is 16.4. The van der Waals surface area contributed by atoms with E-state index in [1.165, 1.54) is 0 Å². The first-order valence-electron chi connectivity index (χ1n) is 6.46. The fraction of sp³-hybridized carbons (Fsp3) is 0.846. The van der Waals surface area contributed by atoms with Gasteiger partial charge < -0.3 is 10.4 Å². The smallest absolute Gasteiger partial charge is 0.329 e. The van der Waals surface area contributed by atoms with Crippen molar-refractivity contribution >= 4 is 11.9 Å². The van der Waals surface area contributed by atoms with Crippen LogP contribution in [-0.2, 0) is 9.59 Å². The second kappa shape index (κ2) is 5.07. The van der Waals surface area contributed by atoms with Gasteiger partial charge in [0.05, 0.1) is 0 Å². The molecule has 0 aromatic rings. The molecule has 1 amide bonds. The molecule has 4 nitrogen and oxygen atoms in total. The molecule has 0 aromatic heterocycles. The van der Waals surface area contributed by atoms with Gasteiger partial charge >= 0.3 is 5.97 Å². The largest absolute Gasteiger partial charge is 0.480 e. The number of rotatable bonds is 5. The van der Waals surface area contributed by atoms with Crippen LogP contribution in [0.3, 0.4) is 0 Å². The zero-order valence-corrected chi connectivity index (χ0v) is 11.0. The Kier molecular flexibility index (Phi) is 4.17. The molecule has 0 atom stereocenters. The van der Waals surface area contributed by atoms with Gasteiger partial charge in [-0.25, -0.2) is 4.79 Å². The quantitative estimate of drug-likeness (QED) is 0.776. The molecule has 0 aliphatic heterocycles. The van der Waals surface area contributed by atoms with E-state index in [1.807, 2.05) is 6.92 Å². The van der Waals surface area contributed by atoms with Crippen molar-refractivity contribution in [1.82, 2.24) is 5.32 Å². The number of aliphatic carboxylic acids is 1. The third-order valence-electron chi connectivity index (χ3n) is 4.22. The maximum absolute atomic E-state index is 12.2. The Morgan fingerprint density at radius 1 is 1.24 bits per heavy atom. The molecule has 1 saturated carbocycles. The minimum Gasteiger partial charge on any atom is -0.480 e. The van der Waals surface area contributed by atoms with Gasteiger partial charge in [-0.05, 0) is 25.7 Å². The highest BCUT2D eigenvalue weighted by Crippen LogP contribution is 2.38. The number of carbonyl (C=O) groups is 2. The summed E-state index contributed by atoms with van der Waals surface area (Å²) in [6, 6.07) is 0. The maximum atomic E-state index is 12.2. The van der Waals surface area contributed by atoms with E-state index in [9.17, 15) is 14.7 Å². The van der Waals surface area contributed by atoms with E-state index in [2.05, 4.69) is 5.32 Å². The molecular formula is C13H23NO3. The summed E-state index contributed by atoms with van der Waals surface area (Å²) < 4.78 is 0. The highest BCUT2D eigenvalue weighted by molar-refractivity contribution is 5.89. The standard InChI is InChI=1S/C13H23NO3/c1-4-13(5-2,11(16)17)14-10(15)12(3)8-6-7-9-12/h4-9H2,1-3H3,(H,14,15)(H,16,17). The van der Waals surface area contributed by atoms with Gasteiger partial charge in [0, 0.05) is 5.41 Å². The van der Waals surface area contributed by atoms with Crippen molar-refractivity contribution in [3.63, 3.8) is 0 Å². The minimum absolute atomic E-state index is 0.0962. The van der Waals surface area contributed by atoms with Crippen LogP contribution in [0.5, 0.6) is 0 Å². The van der Waals surface area contributed by atoms with Gasteiger partial charge in [-0.2, -0.15) is 0 Å². The van der Waals surface area contributed by atoms with E-state index in [-0.39, 0.29) is 11.3 Å². The van der Waals surface area contributed by atoms with Gasteiger partial charge in [-0.15, -0.1) is 0 Å². The van der Waals surface area contributed by atoms with E-state index in [1.54, 1.807) is 13.8 Å². The van der Waals surface area contributed by atoms with Crippen LogP contribution in [0.1, 0.15) is 59.3 Å². The molecule has 17 heavy (non-hydrogen) atoms. The molecule has 98 valence electrons. The number of carboxylic acid groups (broad SMARTS) is 1. The summed E-state index contributed by atoms with van der Waals surface area (Å²) in [5, 5.41) is 12.1. The summed E-state index contributed by atoms with van der Waals surface area (Å²) in [7, 11) is 0. The van der Waals surface area contributed by atoms with E-state index in [0.717, 1.165) is 25.7 Å². The fourth-order valence-corrected chi connectivity index (χ4v) is 2.53. The number of nitrogens with one attached hydrogen (secondary N) is 1. The summed E-state index contributed by atoms with van der Waals surface area (Å²) >= 11 is 0. The zero-order valence-electron chi connectivity index (χ0n) is 11.0. The van der Waals surface area contributed by atoms with Crippen molar-refractivity contribution in [1.29, 1.82) is 0 Å². The molecule has 1 aliphatic carbocycles. The predicted octanol–water partition coefficient (Wildman–Crippen LogP) is 2.33. The highest BCUT2D eigenvalue weighted by Gasteiger charge is 2.43. The summed E-state index contributed by atoms with van der Waals surface area (Å²) in [5.41, 5.74) is -1.46. The maximum Gasteiger partial charge on any atom is 0.329 e. The minimum atomic E-state index is -1.09. The Morgan fingerprint density at radius 3 is 2.06 bits per heavy atom. The van der Waals surface area contributed by atoms with Crippen LogP contribution < -0.4 is 5.32 Å². The van der Waals surface area contributed by atoms with Crippen LogP contribution in [0.4, 0.5) is 0 Å². The molecule has 0 radical (unpaired) electrons. The Bertz CT molecular complexity index is 302. The third kappa shape index (κ3) is 2.61. The number of amides is 1. The SMILES string of the molecule is CCC(CC)(NC(=O)C1(C)CCCC1)C(=O)O. The molecule has 1 fully saturated rings. The van der Waals surface area contributed by atoms with Crippen LogP contribution >= 0.6 is 0 Å². The molecular weight excluding hydrogens is 218 g/mol. The summed E-state index contributed by atoms with van der Waals surface area (Å²) in [6.07, 6.45) is 4.68. The normalized spacial score (nSPS) is 19.0. The van der Waals surface area contributed by atoms with E-state index < -0.39 is 11.5 Å². The first kappa shape index (κ1) is 14.0. The van der Waals surface area contributed by atoms with Crippen LogP contribution in [0.25, 0.3) is 0 Å². The van der Waals surface area contributed by atoms with Crippen LogP contribution in [0.15, 0.2) is 0 Å². The van der Waals surface area contributed by atoms with Gasteiger partial charge in [0.2, 0.25) is 5.91 Å². The Labute approximate surface area is 103 Å². The van der Waals surface area contributed by atoms with Crippen molar-refractivity contribution in [2.45, 2.75) is 64.8 Å². The first-order chi connectivity index (χ1) is 7.90. The average molecular weight is 241 g/mol. The average Bonchev–Trinajstić information content (AvgIpc) is 2.73. The Morgan fingerprint density at radius 2 is 1.71 bits per heavy atom. The number of carbonyl (C=O) groups excluding carboxylic acids is 1. The van der Waals surface area contributed by atoms with Gasteiger partial charge in [0.15, 0.2) is 0 Å². The van der Waals surface area contributed by atoms with E-state index in [4.69, 9.17) is 0 Å². The van der Waals surface area contributed by atoms with Crippen molar-refractivity contribution < 1.29 is 14.7 Å². The Balaban J connectivity index is 2.80. The molecule has 0 unspecified atom stereocenters. The lowest BCUT2D eigenvalue weighted by molar-refractivity contribution is -0.150. The number of hydrogen-bond donors (Lipinski definition) is 2. The molecule has 0 saturated heterocycles. The lowest BCUT2D eigenvalue weighted by Gasteiger charge is -2.32. The van der Waals surface area contributed by atoms with Crippen LogP contribution in [0, 0.1) is 5.41 Å². The van der Waals surface area contributed by atoms with E-state index in [0.29, 0.717) is 12.8 Å². The van der Waals surface area contributed by atoms with Crippen LogP contribution in [0.2, 0.25) is 0 Å². The lowest BCUT2D eigenvalue weighted by Crippen LogP contribution is -2.56. The number of hydrogen-bond acceptors (Lipinski definition) is 2. The van der Waals surface area contributed by atoms with Crippen molar-refractivity contribution in [2.24, 2.45) is 5.41 Å². The summed E-state index contributed by atoms with van der Waals surface area (Å²) in [4.78, 5) is 23.6. The van der Waals surface area contributed by atoms with Gasteiger partial charge in [-0.1, -0.05) is 33.6 Å². The second-order valence-electron chi connectivity index (χ2n) is 5.32. The molecule has 4 heteroatoms. The number of carboxylic acids is 1. The monoisotopic (exact) mass is 241 g/mol. The van der Waals surface area contributed by atoms with Gasteiger partial charge in [0.1, 0.15) is 5.54 Å². The predicted molar refractivity (Wildman–Crippen MR) is 65.7 cm³/mol. The Hall–Kier alpha value is -1.06. The molecule has 0 bridgehead atoms. The molecule has 0 spiro atoms. The van der Waals surface area contributed by atoms with E-state index >= 15 is 0 Å². The fourth-order valence-electron chi connectivity index (χ4n) is 2.53.